The first-order chi connectivity index (χ1) is 60.1. The molecule has 6 atom stereocenters. The zero-order valence-corrected chi connectivity index (χ0v) is 79.4. The van der Waals surface area contributed by atoms with E-state index in [1.54, 1.807) is 0 Å². The van der Waals surface area contributed by atoms with E-state index in [9.17, 15) is 0 Å². The van der Waals surface area contributed by atoms with E-state index < -0.39 is 0 Å². The van der Waals surface area contributed by atoms with Crippen LogP contribution in [0.3, 0.4) is 0 Å². The molecule has 7 saturated carbocycles. The van der Waals surface area contributed by atoms with Crippen LogP contribution in [-0.4, -0.2) is 69.5 Å². The van der Waals surface area contributed by atoms with E-state index in [0.29, 0.717) is 52.9 Å². The van der Waals surface area contributed by atoms with Crippen LogP contribution in [0.2, 0.25) is 0 Å². The lowest BCUT2D eigenvalue weighted by atomic mass is 9.48. The van der Waals surface area contributed by atoms with Gasteiger partial charge in [0.15, 0.2) is 0 Å². The monoisotopic (exact) mass is 1660 g/mol. The van der Waals surface area contributed by atoms with Crippen molar-refractivity contribution >= 4 is 50.8 Å². The first-order valence-electron chi connectivity index (χ1n) is 48.7. The second-order valence-corrected chi connectivity index (χ2v) is 41.3. The average molecular weight is 1660 g/mol. The minimum atomic E-state index is 0.0124. The molecule has 4 spiro atoms. The molecule has 7 fully saturated rings. The SMILES string of the molecule is Cc1cc(C)cc(C2=CC(C)(C)N(c3ccccc3C)C2C)c1.Cc1ccccc1N1C(C)C(c2ccccc2)=CC1(C)C.Cc1ccccc1N1C(C)C(c2ccccc2)=CC12CCCCC2.Cc1ccccc1N1C(C)C=CC12C1CC3CC(C1)CC2C3.Cc1ccccc1N1C(C)C=CC12CCCC2.Cc1ccccc1N1C(C)C=CC12CCCCC2. The first-order valence-corrected chi connectivity index (χ1v) is 48.7. The molecule has 22 rings (SSSR count). The highest BCUT2D eigenvalue weighted by molar-refractivity contribution is 5.84. The molecule has 6 heterocycles. The Bertz CT molecular complexity index is 5360. The Hall–Kier alpha value is -9.78. The van der Waals surface area contributed by atoms with E-state index >= 15 is 0 Å². The van der Waals surface area contributed by atoms with Gasteiger partial charge in [-0.3, -0.25) is 0 Å². The van der Waals surface area contributed by atoms with Crippen LogP contribution < -0.4 is 29.4 Å². The summed E-state index contributed by atoms with van der Waals surface area (Å²) >= 11 is 0. The van der Waals surface area contributed by atoms with E-state index in [4.69, 9.17) is 0 Å². The van der Waals surface area contributed by atoms with Gasteiger partial charge in [0.1, 0.15) is 0 Å². The van der Waals surface area contributed by atoms with Crippen molar-refractivity contribution in [2.24, 2.45) is 23.7 Å². The van der Waals surface area contributed by atoms with Crippen molar-refractivity contribution in [1.82, 2.24) is 0 Å². The van der Waals surface area contributed by atoms with Crippen LogP contribution in [0.25, 0.3) is 16.7 Å². The van der Waals surface area contributed by atoms with Crippen molar-refractivity contribution in [1.29, 1.82) is 0 Å². The Morgan fingerprint density at radius 3 is 0.904 bits per heavy atom. The van der Waals surface area contributed by atoms with Gasteiger partial charge in [0.05, 0.1) is 51.4 Å². The molecule has 9 aromatic rings. The summed E-state index contributed by atoms with van der Waals surface area (Å²) in [6.45, 7) is 41.0. The van der Waals surface area contributed by atoms with Gasteiger partial charge in [-0.1, -0.05) is 305 Å². The van der Waals surface area contributed by atoms with E-state index in [0.717, 1.165) is 23.7 Å². The van der Waals surface area contributed by atoms with Crippen LogP contribution in [0.1, 0.15) is 252 Å². The first kappa shape index (κ1) is 88.6. The van der Waals surface area contributed by atoms with E-state index in [-0.39, 0.29) is 16.6 Å². The van der Waals surface area contributed by atoms with Gasteiger partial charge in [-0.25, -0.2) is 0 Å². The van der Waals surface area contributed by atoms with Gasteiger partial charge in [0, 0.05) is 52.2 Å². The highest BCUT2D eigenvalue weighted by atomic mass is 15.3. The Balaban J connectivity index is 0.000000111. The van der Waals surface area contributed by atoms with Gasteiger partial charge in [-0.05, 0) is 322 Å². The number of hydrogen-bond acceptors (Lipinski definition) is 6. The molecule has 125 heavy (non-hydrogen) atoms. The molecule has 7 aliphatic carbocycles. The van der Waals surface area contributed by atoms with Crippen molar-refractivity contribution in [2.75, 3.05) is 29.4 Å². The van der Waals surface area contributed by atoms with Crippen molar-refractivity contribution in [3.05, 3.63) is 340 Å². The highest BCUT2D eigenvalue weighted by Crippen LogP contribution is 2.63. The smallest absolute Gasteiger partial charge is 0.0648 e. The predicted molar refractivity (Wildman–Crippen MR) is 540 cm³/mol. The van der Waals surface area contributed by atoms with E-state index in [1.165, 1.54) is 234 Å². The van der Waals surface area contributed by atoms with Gasteiger partial charge in [0.2, 0.25) is 0 Å². The second-order valence-electron chi connectivity index (χ2n) is 41.3. The highest BCUT2D eigenvalue weighted by Gasteiger charge is 2.61. The Labute approximate surface area is 755 Å². The maximum atomic E-state index is 2.81. The fraction of sp³-hybridized carbons (Fsp3) is 0.445. The van der Waals surface area contributed by atoms with E-state index in [2.05, 4.69) is 433 Å². The third kappa shape index (κ3) is 17.6. The quantitative estimate of drug-likeness (QED) is 0.133. The lowest BCUT2D eigenvalue weighted by molar-refractivity contribution is -0.0350. The summed E-state index contributed by atoms with van der Waals surface area (Å²) in [7, 11) is 0. The standard InChI is InChI=1S/C23H27N.C22H27N.C21H27N.C20H23N.C17H23N.C16H21N/c1-18-11-7-8-14-22(18)24-19(2)21(20-12-5-3-6-13-20)17-23(24)15-9-4-10-16-23;1-15-11-16(2)13-19(12-15)20-14-22(5,6)23(18(20)4)21-10-8-7-9-17(21)3;1-14-5-3-4-6-20(14)22-15(2)7-8-21(22)18-10-16-9-17(12-18)13-19(21)11-16;1-15-10-8-9-13-19(15)21-16(2)18(14-20(21,3)4)17-11-6-5-7-12-17;1-14-8-4-5-9-16(14)18-15(2)10-13-17(18)11-6-3-7-12-17;1-13-7-3-4-8-15(13)17-14(2)9-12-16(17)10-5-6-11-16/h3,5-8,11-14,17,19H,4,9-10,15-16H2,1-2H3;7-14,18H,1-6H3;3-8,15-19H,9-13H2,1-2H3;5-14,16H,1-4H3;4-5,8-10,13,15H,3,6-7,11-12H2,1-2H3;3-4,7-9,12,14H,5-6,10-11H2,1-2H3. The molecule has 6 heteroatoms. The largest absolute Gasteiger partial charge is 0.356 e. The summed E-state index contributed by atoms with van der Waals surface area (Å²) in [5, 5.41) is 0. The lowest BCUT2D eigenvalue weighted by Crippen LogP contribution is -2.65. The zero-order chi connectivity index (χ0) is 87.7. The molecule has 0 amide bonds. The van der Waals surface area contributed by atoms with Gasteiger partial charge < -0.3 is 29.4 Å². The van der Waals surface area contributed by atoms with Crippen LogP contribution in [0.5, 0.6) is 0 Å². The molecule has 0 aromatic heterocycles. The minimum absolute atomic E-state index is 0.0124. The fourth-order valence-electron chi connectivity index (χ4n) is 26.3. The molecule has 0 radical (unpaired) electrons. The molecule has 654 valence electrons. The Morgan fingerprint density at radius 1 is 0.256 bits per heavy atom. The molecule has 6 nitrogen and oxygen atoms in total. The maximum Gasteiger partial charge on any atom is 0.0648 e. The van der Waals surface area contributed by atoms with Crippen LogP contribution in [0.15, 0.2) is 279 Å². The Kier molecular flexibility index (Phi) is 26.2. The molecule has 4 bridgehead atoms. The molecule has 0 N–H and O–H groups in total. The van der Waals surface area contributed by atoms with E-state index in [1.807, 2.05) is 0 Å². The molecular formula is C119H148N6. The van der Waals surface area contributed by atoms with Crippen molar-refractivity contribution in [2.45, 2.75) is 316 Å². The molecule has 9 aromatic carbocycles. The molecule has 6 aliphatic heterocycles. The normalized spacial score (nSPS) is 26.7. The summed E-state index contributed by atoms with van der Waals surface area (Å²) < 4.78 is 0. The predicted octanol–water partition coefficient (Wildman–Crippen LogP) is 30.2. The molecule has 13 aliphatic rings. The van der Waals surface area contributed by atoms with Gasteiger partial charge in [-0.15, -0.1) is 0 Å². The van der Waals surface area contributed by atoms with Crippen molar-refractivity contribution in [3.63, 3.8) is 0 Å². The number of rotatable bonds is 9. The number of nitrogens with zero attached hydrogens (tertiary/aromatic N) is 6. The number of para-hydroxylation sites is 6. The third-order valence-corrected chi connectivity index (χ3v) is 31.7. The number of hydrogen-bond donors (Lipinski definition) is 0. The van der Waals surface area contributed by atoms with Crippen LogP contribution in [0, 0.1) is 79.1 Å². The van der Waals surface area contributed by atoms with Crippen LogP contribution >= 0.6 is 0 Å². The topological polar surface area (TPSA) is 19.4 Å². The molecule has 0 saturated heterocycles. The lowest BCUT2D eigenvalue weighted by Gasteiger charge is -2.63. The molecule has 6 unspecified atom stereocenters. The fourth-order valence-corrected chi connectivity index (χ4v) is 26.3. The number of benzene rings is 9. The van der Waals surface area contributed by atoms with Gasteiger partial charge >= 0.3 is 0 Å². The summed E-state index contributed by atoms with van der Waals surface area (Å²) in [5.41, 5.74) is 29.0. The van der Waals surface area contributed by atoms with Gasteiger partial charge in [-0.2, -0.15) is 0 Å². The number of anilines is 6. The maximum absolute atomic E-state index is 2.81. The average Bonchev–Trinajstić information content (AvgIpc) is 1.62. The third-order valence-electron chi connectivity index (χ3n) is 31.7. The van der Waals surface area contributed by atoms with Crippen LogP contribution in [-0.2, 0) is 0 Å². The van der Waals surface area contributed by atoms with Crippen molar-refractivity contribution < 1.29 is 0 Å². The second kappa shape index (κ2) is 36.9. The Morgan fingerprint density at radius 2 is 0.536 bits per heavy atom. The van der Waals surface area contributed by atoms with Crippen LogP contribution in [0.4, 0.5) is 34.1 Å². The van der Waals surface area contributed by atoms with Gasteiger partial charge in [0.25, 0.3) is 0 Å². The summed E-state index contributed by atoms with van der Waals surface area (Å²) in [6.07, 6.45) is 48.6. The van der Waals surface area contributed by atoms with Crippen molar-refractivity contribution in [3.8, 4) is 0 Å². The minimum Gasteiger partial charge on any atom is -0.356 e. The summed E-state index contributed by atoms with van der Waals surface area (Å²) in [4.78, 5) is 15.9. The summed E-state index contributed by atoms with van der Waals surface area (Å²) in [6, 6.07) is 84.2. The molecular weight excluding hydrogens is 1510 g/mol. The number of aryl methyl sites for hydroxylation is 8. The summed E-state index contributed by atoms with van der Waals surface area (Å²) in [5.74, 6) is 3.86. The zero-order valence-electron chi connectivity index (χ0n) is 79.4.